The molecular formula is C16H19ClO2. The molecule has 0 radical (unpaired) electrons. The standard InChI is InChI=1S/C16H19ClO2/c1-12(14-5-7-15(17)8-6-14)10-11-19-16(18)9-4-13-2-3-13/h5-8,10,13H,2-4,9,11H2,1H3/b12-10+. The molecule has 0 amide bonds. The number of carbonyl (C=O) groups excluding carboxylic acids is 1. The predicted octanol–water partition coefficient (Wildman–Crippen LogP) is 4.48. The van der Waals surface area contributed by atoms with Gasteiger partial charge in [-0.05, 0) is 48.6 Å². The highest BCUT2D eigenvalue weighted by molar-refractivity contribution is 6.30. The number of rotatable bonds is 6. The Morgan fingerprint density at radius 2 is 2.05 bits per heavy atom. The van der Waals surface area contributed by atoms with Crippen LogP contribution in [0.4, 0.5) is 0 Å². The molecule has 1 aliphatic carbocycles. The van der Waals surface area contributed by atoms with Gasteiger partial charge in [-0.2, -0.15) is 0 Å². The highest BCUT2D eigenvalue weighted by Crippen LogP contribution is 2.33. The van der Waals surface area contributed by atoms with Gasteiger partial charge in [0.05, 0.1) is 0 Å². The number of allylic oxidation sites excluding steroid dienone is 1. The lowest BCUT2D eigenvalue weighted by atomic mass is 10.1. The van der Waals surface area contributed by atoms with Crippen molar-refractivity contribution in [1.82, 2.24) is 0 Å². The number of carbonyl (C=O) groups is 1. The monoisotopic (exact) mass is 278 g/mol. The van der Waals surface area contributed by atoms with Crippen LogP contribution in [0.1, 0.15) is 38.2 Å². The van der Waals surface area contributed by atoms with E-state index in [9.17, 15) is 4.79 Å². The first kappa shape index (κ1) is 14.1. The Hall–Kier alpha value is -1.28. The number of halogens is 1. The Morgan fingerprint density at radius 1 is 1.37 bits per heavy atom. The summed E-state index contributed by atoms with van der Waals surface area (Å²) in [5.41, 5.74) is 2.19. The molecule has 0 aromatic heterocycles. The van der Waals surface area contributed by atoms with E-state index in [1.54, 1.807) is 0 Å². The second kappa shape index (κ2) is 6.76. The summed E-state index contributed by atoms with van der Waals surface area (Å²) < 4.78 is 5.19. The summed E-state index contributed by atoms with van der Waals surface area (Å²) in [6.07, 6.45) is 6.03. The fraction of sp³-hybridized carbons (Fsp3) is 0.438. The van der Waals surface area contributed by atoms with Gasteiger partial charge in [-0.3, -0.25) is 4.79 Å². The van der Waals surface area contributed by atoms with Gasteiger partial charge in [0.15, 0.2) is 0 Å². The van der Waals surface area contributed by atoms with Gasteiger partial charge in [-0.15, -0.1) is 0 Å². The molecule has 0 atom stereocenters. The first-order chi connectivity index (χ1) is 9.15. The van der Waals surface area contributed by atoms with E-state index in [-0.39, 0.29) is 5.97 Å². The minimum absolute atomic E-state index is 0.0907. The fourth-order valence-corrected chi connectivity index (χ4v) is 2.02. The van der Waals surface area contributed by atoms with E-state index < -0.39 is 0 Å². The van der Waals surface area contributed by atoms with Crippen molar-refractivity contribution in [2.75, 3.05) is 6.61 Å². The van der Waals surface area contributed by atoms with Crippen LogP contribution >= 0.6 is 11.6 Å². The first-order valence-electron chi connectivity index (χ1n) is 6.73. The number of hydrogen-bond acceptors (Lipinski definition) is 2. The molecule has 19 heavy (non-hydrogen) atoms. The van der Waals surface area contributed by atoms with Gasteiger partial charge >= 0.3 is 5.97 Å². The quantitative estimate of drug-likeness (QED) is 0.717. The van der Waals surface area contributed by atoms with Crippen molar-refractivity contribution >= 4 is 23.1 Å². The molecular weight excluding hydrogens is 260 g/mol. The van der Waals surface area contributed by atoms with E-state index in [0.717, 1.165) is 28.5 Å². The summed E-state index contributed by atoms with van der Waals surface area (Å²) >= 11 is 5.84. The largest absolute Gasteiger partial charge is 0.461 e. The maximum absolute atomic E-state index is 11.5. The topological polar surface area (TPSA) is 26.3 Å². The zero-order valence-electron chi connectivity index (χ0n) is 11.2. The van der Waals surface area contributed by atoms with Crippen LogP contribution < -0.4 is 0 Å². The molecule has 1 aromatic carbocycles. The number of esters is 1. The molecule has 0 N–H and O–H groups in total. The van der Waals surface area contributed by atoms with Gasteiger partial charge in [0.25, 0.3) is 0 Å². The van der Waals surface area contributed by atoms with Gasteiger partial charge in [-0.25, -0.2) is 0 Å². The predicted molar refractivity (Wildman–Crippen MR) is 78.0 cm³/mol. The molecule has 0 bridgehead atoms. The second-order valence-corrected chi connectivity index (χ2v) is 5.50. The average Bonchev–Trinajstić information content (AvgIpc) is 3.21. The van der Waals surface area contributed by atoms with Crippen molar-refractivity contribution in [3.63, 3.8) is 0 Å². The molecule has 3 heteroatoms. The van der Waals surface area contributed by atoms with Gasteiger partial charge in [0.1, 0.15) is 6.61 Å². The molecule has 0 spiro atoms. The van der Waals surface area contributed by atoms with Crippen molar-refractivity contribution < 1.29 is 9.53 Å². The van der Waals surface area contributed by atoms with E-state index in [4.69, 9.17) is 16.3 Å². The number of hydrogen-bond donors (Lipinski definition) is 0. The van der Waals surface area contributed by atoms with Crippen LogP contribution in [-0.2, 0) is 9.53 Å². The van der Waals surface area contributed by atoms with Crippen LogP contribution in [0.25, 0.3) is 5.57 Å². The van der Waals surface area contributed by atoms with Crippen molar-refractivity contribution in [3.05, 3.63) is 40.9 Å². The third-order valence-corrected chi connectivity index (χ3v) is 3.64. The zero-order valence-corrected chi connectivity index (χ0v) is 12.0. The first-order valence-corrected chi connectivity index (χ1v) is 7.11. The molecule has 1 aromatic rings. The van der Waals surface area contributed by atoms with Crippen LogP contribution in [0.3, 0.4) is 0 Å². The second-order valence-electron chi connectivity index (χ2n) is 5.06. The van der Waals surface area contributed by atoms with Crippen LogP contribution in [0.15, 0.2) is 30.3 Å². The SMILES string of the molecule is C/C(=C\COC(=O)CCC1CC1)c1ccc(Cl)cc1. The molecule has 102 valence electrons. The maximum Gasteiger partial charge on any atom is 0.306 e. The highest BCUT2D eigenvalue weighted by atomic mass is 35.5. The van der Waals surface area contributed by atoms with Crippen LogP contribution in [0.2, 0.25) is 5.02 Å². The smallest absolute Gasteiger partial charge is 0.306 e. The summed E-state index contributed by atoms with van der Waals surface area (Å²) in [5.74, 6) is 0.686. The van der Waals surface area contributed by atoms with E-state index in [2.05, 4.69) is 0 Å². The van der Waals surface area contributed by atoms with Crippen molar-refractivity contribution in [2.45, 2.75) is 32.6 Å². The van der Waals surface area contributed by atoms with Crippen LogP contribution in [0.5, 0.6) is 0 Å². The molecule has 0 unspecified atom stereocenters. The summed E-state index contributed by atoms with van der Waals surface area (Å²) in [4.78, 5) is 11.5. The summed E-state index contributed by atoms with van der Waals surface area (Å²) in [5, 5.41) is 0.725. The lowest BCUT2D eigenvalue weighted by Gasteiger charge is -2.04. The minimum Gasteiger partial charge on any atom is -0.461 e. The molecule has 2 rings (SSSR count). The fourth-order valence-electron chi connectivity index (χ4n) is 1.89. The Morgan fingerprint density at radius 3 is 2.68 bits per heavy atom. The summed E-state index contributed by atoms with van der Waals surface area (Å²) in [7, 11) is 0. The van der Waals surface area contributed by atoms with Crippen molar-refractivity contribution in [2.24, 2.45) is 5.92 Å². The van der Waals surface area contributed by atoms with Gasteiger partial charge in [0, 0.05) is 11.4 Å². The highest BCUT2D eigenvalue weighted by Gasteiger charge is 2.22. The normalized spacial score (nSPS) is 15.4. The van der Waals surface area contributed by atoms with Crippen molar-refractivity contribution in [3.8, 4) is 0 Å². The van der Waals surface area contributed by atoms with E-state index in [1.807, 2.05) is 37.3 Å². The van der Waals surface area contributed by atoms with E-state index >= 15 is 0 Å². The molecule has 0 aliphatic heterocycles. The Labute approximate surface area is 119 Å². The van der Waals surface area contributed by atoms with Gasteiger partial charge in [-0.1, -0.05) is 36.6 Å². The average molecular weight is 279 g/mol. The molecule has 1 fully saturated rings. The Bertz CT molecular complexity index is 458. The maximum atomic E-state index is 11.5. The summed E-state index contributed by atoms with van der Waals surface area (Å²) in [6.45, 7) is 2.35. The molecule has 1 aliphatic rings. The number of benzene rings is 1. The Kier molecular flexibility index (Phi) is 5.03. The molecule has 0 saturated heterocycles. The third kappa shape index (κ3) is 5.07. The van der Waals surface area contributed by atoms with E-state index in [1.165, 1.54) is 12.8 Å². The zero-order chi connectivity index (χ0) is 13.7. The Balaban J connectivity index is 1.74. The molecule has 1 saturated carbocycles. The van der Waals surface area contributed by atoms with Gasteiger partial charge in [0.2, 0.25) is 0 Å². The summed E-state index contributed by atoms with van der Waals surface area (Å²) in [6, 6.07) is 7.64. The molecule has 0 heterocycles. The van der Waals surface area contributed by atoms with Crippen LogP contribution in [0, 0.1) is 5.92 Å². The molecule has 2 nitrogen and oxygen atoms in total. The van der Waals surface area contributed by atoms with Crippen molar-refractivity contribution in [1.29, 1.82) is 0 Å². The minimum atomic E-state index is -0.0907. The lowest BCUT2D eigenvalue weighted by molar-refractivity contribution is -0.142. The van der Waals surface area contributed by atoms with Gasteiger partial charge < -0.3 is 4.74 Å². The van der Waals surface area contributed by atoms with E-state index in [0.29, 0.717) is 13.0 Å². The third-order valence-electron chi connectivity index (χ3n) is 3.39. The number of ether oxygens (including phenoxy) is 1. The van der Waals surface area contributed by atoms with Crippen LogP contribution in [-0.4, -0.2) is 12.6 Å². The lowest BCUT2D eigenvalue weighted by Crippen LogP contribution is -2.04.